The van der Waals surface area contributed by atoms with Gasteiger partial charge >= 0.3 is 0 Å². The summed E-state index contributed by atoms with van der Waals surface area (Å²) in [6.07, 6.45) is 8.67. The molecule has 15 rings (SSSR count). The lowest BCUT2D eigenvalue weighted by atomic mass is 10.0. The second-order valence-corrected chi connectivity index (χ2v) is 23.0. The summed E-state index contributed by atoms with van der Waals surface area (Å²) >= 11 is 1.90. The molecule has 0 amide bonds. The molecule has 0 bridgehead atoms. The summed E-state index contributed by atoms with van der Waals surface area (Å²) in [5, 5.41) is 7.92. The molecule has 4 aromatic heterocycles. The quantitative estimate of drug-likeness (QED) is 0.118. The van der Waals surface area contributed by atoms with Crippen LogP contribution in [0.15, 0.2) is 236 Å². The maximum Gasteiger partial charge on any atom is 0.221 e. The second kappa shape index (κ2) is 15.1. The Labute approximate surface area is 407 Å². The Balaban J connectivity index is 0.974. The summed E-state index contributed by atoms with van der Waals surface area (Å²) in [5.74, 6) is 3.69. The molecule has 0 spiro atoms. The van der Waals surface area contributed by atoms with Crippen LogP contribution in [0.5, 0.6) is 0 Å². The van der Waals surface area contributed by atoms with Gasteiger partial charge in [0.25, 0.3) is 0 Å². The number of allylic oxidation sites excluding steroid dienone is 2. The van der Waals surface area contributed by atoms with Gasteiger partial charge in [-0.1, -0.05) is 182 Å². The molecular formula is C60H40N8SSi. The van der Waals surface area contributed by atoms with Crippen molar-refractivity contribution in [2.75, 3.05) is 9.80 Å². The van der Waals surface area contributed by atoms with Crippen molar-refractivity contribution < 1.29 is 0 Å². The Bertz CT molecular complexity index is 4130. The van der Waals surface area contributed by atoms with Gasteiger partial charge in [0.2, 0.25) is 11.7 Å². The number of anilines is 3. The number of guanidine groups is 1. The number of hydrogen-bond acceptors (Lipinski definition) is 7. The fourth-order valence-corrected chi connectivity index (χ4v) is 18.0. The minimum Gasteiger partial charge on any atom is -0.300 e. The molecule has 0 fully saturated rings. The van der Waals surface area contributed by atoms with Crippen molar-refractivity contribution in [3.63, 3.8) is 0 Å². The molecule has 70 heavy (non-hydrogen) atoms. The van der Waals surface area contributed by atoms with E-state index in [0.29, 0.717) is 11.6 Å². The highest BCUT2D eigenvalue weighted by atomic mass is 32.1. The maximum absolute atomic E-state index is 5.55. The van der Waals surface area contributed by atoms with Crippen molar-refractivity contribution in [3.8, 4) is 17.2 Å². The molecule has 6 heterocycles. The van der Waals surface area contributed by atoms with Gasteiger partial charge in [-0.3, -0.25) is 13.9 Å². The molecule has 0 saturated carbocycles. The number of imidazole rings is 2. The van der Waals surface area contributed by atoms with Gasteiger partial charge in [0, 0.05) is 31.8 Å². The third-order valence-corrected chi connectivity index (χ3v) is 20.7. The van der Waals surface area contributed by atoms with Crippen LogP contribution >= 0.6 is 11.3 Å². The first-order valence-corrected chi connectivity index (χ1v) is 26.5. The number of thiophene rings is 1. The summed E-state index contributed by atoms with van der Waals surface area (Å²) < 4.78 is 7.07. The van der Waals surface area contributed by atoms with E-state index in [9.17, 15) is 0 Å². The number of nitrogens with zero attached hydrogens (tertiary/aromatic N) is 8. The van der Waals surface area contributed by atoms with Gasteiger partial charge in [0.15, 0.2) is 13.9 Å². The number of hydrogen-bond donors (Lipinski definition) is 0. The standard InChI is InChI=1S/C60H40N8SSi/c1-3-18-40(19-4-1)70(41-20-5-2-6-21-41,54-33-17-23-44-43-22-7-16-32-53(43)69-57(44)54)42-36-34-39(35-37-42)58-63-55(67-51-30-14-12-28-49(51)65-47-26-10-8-24-45(47)61-59(65)67)38-56(64-58)68-52-31-15-13-29-50(52)66-48-27-11-9-25-46(48)62-60(66)68/h1-38,45,47H. The fourth-order valence-electron chi connectivity index (χ4n) is 11.5. The molecular weight excluding hydrogens is 893 g/mol. The van der Waals surface area contributed by atoms with Crippen molar-refractivity contribution in [3.05, 3.63) is 231 Å². The van der Waals surface area contributed by atoms with E-state index in [1.54, 1.807) is 0 Å². The topological polar surface area (TPSA) is 66.8 Å². The minimum absolute atomic E-state index is 0.00776. The van der Waals surface area contributed by atoms with Crippen LogP contribution in [-0.2, 0) is 0 Å². The third kappa shape index (κ3) is 5.56. The van der Waals surface area contributed by atoms with Crippen molar-refractivity contribution in [1.29, 1.82) is 0 Å². The number of para-hydroxylation sites is 6. The second-order valence-electron chi connectivity index (χ2n) is 18.2. The first-order chi connectivity index (χ1) is 34.7. The van der Waals surface area contributed by atoms with E-state index in [1.807, 2.05) is 17.4 Å². The molecule has 8 nitrogen and oxygen atoms in total. The van der Waals surface area contributed by atoms with Crippen LogP contribution < -0.4 is 30.5 Å². The van der Waals surface area contributed by atoms with E-state index in [-0.39, 0.29) is 12.1 Å². The highest BCUT2D eigenvalue weighted by Crippen LogP contribution is 2.47. The Hall–Kier alpha value is -8.70. The number of benzene rings is 8. The molecule has 2 unspecified atom stereocenters. The molecule has 0 N–H and O–H groups in total. The van der Waals surface area contributed by atoms with E-state index in [2.05, 4.69) is 243 Å². The number of rotatable bonds is 7. The van der Waals surface area contributed by atoms with Crippen molar-refractivity contribution in [1.82, 2.24) is 23.9 Å². The molecule has 0 saturated heterocycles. The lowest BCUT2D eigenvalue weighted by Gasteiger charge is -2.35. The lowest BCUT2D eigenvalue weighted by molar-refractivity contribution is 0.741. The fraction of sp³-hybridized carbons (Fsp3) is 0.0333. The van der Waals surface area contributed by atoms with Gasteiger partial charge in [0.05, 0.1) is 45.5 Å². The third-order valence-electron chi connectivity index (χ3n) is 14.5. The van der Waals surface area contributed by atoms with Crippen molar-refractivity contribution in [2.24, 2.45) is 4.99 Å². The van der Waals surface area contributed by atoms with E-state index >= 15 is 0 Å². The Kier molecular flexibility index (Phi) is 8.51. The van der Waals surface area contributed by atoms with E-state index in [4.69, 9.17) is 19.9 Å². The first kappa shape index (κ1) is 39.3. The number of aliphatic imine (C=N–C) groups is 1. The highest BCUT2D eigenvalue weighted by Gasteiger charge is 2.46. The Morgan fingerprint density at radius 2 is 1.14 bits per heavy atom. The zero-order valence-corrected chi connectivity index (χ0v) is 39.4. The van der Waals surface area contributed by atoms with Crippen LogP contribution in [0.25, 0.3) is 65.2 Å². The monoisotopic (exact) mass is 932 g/mol. The molecule has 2 aliphatic heterocycles. The Morgan fingerprint density at radius 1 is 0.500 bits per heavy atom. The van der Waals surface area contributed by atoms with Crippen molar-refractivity contribution in [2.45, 2.75) is 12.1 Å². The zero-order chi connectivity index (χ0) is 45.9. The summed E-state index contributed by atoms with van der Waals surface area (Å²) in [4.78, 5) is 26.3. The van der Waals surface area contributed by atoms with Crippen LogP contribution in [0.1, 0.15) is 0 Å². The molecule has 330 valence electrons. The largest absolute Gasteiger partial charge is 0.300 e. The molecule has 10 heteroatoms. The maximum atomic E-state index is 5.55. The van der Waals surface area contributed by atoms with Gasteiger partial charge in [-0.15, -0.1) is 11.3 Å². The average Bonchev–Trinajstić information content (AvgIpc) is 4.24. The number of aromatic nitrogens is 5. The predicted octanol–water partition coefficient (Wildman–Crippen LogP) is 10.8. The smallest absolute Gasteiger partial charge is 0.221 e. The lowest BCUT2D eigenvalue weighted by Crippen LogP contribution is -2.74. The first-order valence-electron chi connectivity index (χ1n) is 23.7. The molecule has 12 aromatic rings. The van der Waals surface area contributed by atoms with Gasteiger partial charge in [-0.05, 0) is 63.2 Å². The van der Waals surface area contributed by atoms with Crippen LogP contribution in [0, 0.1) is 0 Å². The van der Waals surface area contributed by atoms with Crippen molar-refractivity contribution >= 4 is 111 Å². The normalized spacial score (nSPS) is 16.2. The summed E-state index contributed by atoms with van der Waals surface area (Å²) in [6.45, 7) is 0. The van der Waals surface area contributed by atoms with Crippen LogP contribution in [0.3, 0.4) is 0 Å². The van der Waals surface area contributed by atoms with Gasteiger partial charge in [-0.2, -0.15) is 0 Å². The molecule has 3 aliphatic rings. The number of fused-ring (bicyclic) bond motifs is 13. The van der Waals surface area contributed by atoms with Crippen LogP contribution in [-0.4, -0.2) is 50.0 Å². The molecule has 8 aromatic carbocycles. The molecule has 2 atom stereocenters. The summed E-state index contributed by atoms with van der Waals surface area (Å²) in [6, 6.07) is 74.9. The van der Waals surface area contributed by atoms with Gasteiger partial charge in [0.1, 0.15) is 11.6 Å². The summed E-state index contributed by atoms with van der Waals surface area (Å²) in [7, 11) is -2.97. The van der Waals surface area contributed by atoms with E-state index < -0.39 is 8.07 Å². The zero-order valence-electron chi connectivity index (χ0n) is 37.6. The van der Waals surface area contributed by atoms with Crippen LogP contribution in [0.2, 0.25) is 0 Å². The highest BCUT2D eigenvalue weighted by molar-refractivity contribution is 7.30. The van der Waals surface area contributed by atoms with Crippen LogP contribution in [0.4, 0.5) is 17.2 Å². The predicted molar refractivity (Wildman–Crippen MR) is 291 cm³/mol. The average molecular weight is 933 g/mol. The van der Waals surface area contributed by atoms with E-state index in [0.717, 1.165) is 56.6 Å². The van der Waals surface area contributed by atoms with Gasteiger partial charge < -0.3 is 4.90 Å². The summed E-state index contributed by atoms with van der Waals surface area (Å²) in [5.41, 5.74) is 7.06. The molecule has 0 radical (unpaired) electrons. The molecule has 1 aliphatic carbocycles. The van der Waals surface area contributed by atoms with Gasteiger partial charge in [-0.25, -0.2) is 19.9 Å². The van der Waals surface area contributed by atoms with E-state index in [1.165, 1.54) is 40.9 Å². The Morgan fingerprint density at radius 3 is 1.96 bits per heavy atom. The SMILES string of the molecule is C1=CC2N=C3N(c4cc(-n5c6ccccc6n6c7ccccc7nc56)nc(-c5ccc([Si](c6ccccc6)(c6ccccc6)c6cccc7c6sc6ccccc67)cc5)n4)c4ccccc4N3C2C=C1. The minimum atomic E-state index is -2.97.